The van der Waals surface area contributed by atoms with Gasteiger partial charge in [-0.25, -0.2) is 0 Å². The van der Waals surface area contributed by atoms with E-state index in [9.17, 15) is 4.79 Å². The molecule has 0 aromatic rings. The van der Waals surface area contributed by atoms with Crippen LogP contribution in [0.2, 0.25) is 0 Å². The van der Waals surface area contributed by atoms with Crippen molar-refractivity contribution in [3.8, 4) is 0 Å². The first-order valence-electron chi connectivity index (χ1n) is 5.54. The van der Waals surface area contributed by atoms with Crippen LogP contribution in [-0.2, 0) is 4.79 Å². The third kappa shape index (κ3) is 3.29. The summed E-state index contributed by atoms with van der Waals surface area (Å²) in [5.74, 6) is 1.27. The van der Waals surface area contributed by atoms with Crippen LogP contribution in [-0.4, -0.2) is 18.0 Å². The van der Waals surface area contributed by atoms with Gasteiger partial charge in [0.15, 0.2) is 0 Å². The lowest BCUT2D eigenvalue weighted by molar-refractivity contribution is -0.123. The van der Waals surface area contributed by atoms with E-state index in [0.29, 0.717) is 18.4 Å². The predicted octanol–water partition coefficient (Wildman–Crippen LogP) is 1.27. The van der Waals surface area contributed by atoms with Gasteiger partial charge in [0.05, 0.1) is 0 Å². The third-order valence-corrected chi connectivity index (χ3v) is 3.02. The zero-order valence-corrected chi connectivity index (χ0v) is 9.42. The molecule has 14 heavy (non-hydrogen) atoms. The topological polar surface area (TPSA) is 55.1 Å². The van der Waals surface area contributed by atoms with E-state index in [-0.39, 0.29) is 11.9 Å². The number of nitrogens with two attached hydrogens (primary N) is 1. The van der Waals surface area contributed by atoms with Crippen LogP contribution in [0.5, 0.6) is 0 Å². The molecule has 3 nitrogen and oxygen atoms in total. The van der Waals surface area contributed by atoms with E-state index >= 15 is 0 Å². The molecule has 1 unspecified atom stereocenters. The van der Waals surface area contributed by atoms with E-state index in [2.05, 4.69) is 12.2 Å². The fourth-order valence-corrected chi connectivity index (χ4v) is 1.76. The van der Waals surface area contributed by atoms with Crippen LogP contribution in [0.15, 0.2) is 0 Å². The number of hydrogen-bond acceptors (Lipinski definition) is 2. The van der Waals surface area contributed by atoms with Gasteiger partial charge in [0.1, 0.15) is 0 Å². The van der Waals surface area contributed by atoms with Crippen molar-refractivity contribution in [1.82, 2.24) is 5.32 Å². The second-order valence-corrected chi connectivity index (χ2v) is 4.95. The van der Waals surface area contributed by atoms with Crippen molar-refractivity contribution in [3.05, 3.63) is 0 Å². The van der Waals surface area contributed by atoms with Crippen molar-refractivity contribution < 1.29 is 4.79 Å². The fraction of sp³-hybridized carbons (Fsp3) is 0.909. The van der Waals surface area contributed by atoms with Gasteiger partial charge >= 0.3 is 0 Å². The Balaban J connectivity index is 2.16. The van der Waals surface area contributed by atoms with Crippen LogP contribution < -0.4 is 11.1 Å². The summed E-state index contributed by atoms with van der Waals surface area (Å²) in [6.07, 6.45) is 2.72. The predicted molar refractivity (Wildman–Crippen MR) is 57.8 cm³/mol. The second-order valence-electron chi connectivity index (χ2n) is 4.95. The molecule has 0 radical (unpaired) electrons. The molecule has 3 heteroatoms. The minimum Gasteiger partial charge on any atom is -0.353 e. The molecule has 0 spiro atoms. The molecular weight excluding hydrogens is 176 g/mol. The summed E-state index contributed by atoms with van der Waals surface area (Å²) in [5, 5.41) is 3.01. The molecule has 1 saturated carbocycles. The first-order chi connectivity index (χ1) is 6.49. The van der Waals surface area contributed by atoms with Gasteiger partial charge in [0.25, 0.3) is 0 Å². The van der Waals surface area contributed by atoms with Crippen molar-refractivity contribution in [3.63, 3.8) is 0 Å². The Hall–Kier alpha value is -0.570. The highest BCUT2D eigenvalue weighted by atomic mass is 16.1. The Labute approximate surface area is 86.4 Å². The van der Waals surface area contributed by atoms with Crippen LogP contribution in [0.4, 0.5) is 0 Å². The molecule has 1 aliphatic rings. The maximum absolute atomic E-state index is 11.5. The van der Waals surface area contributed by atoms with E-state index in [1.165, 1.54) is 0 Å². The first-order valence-corrected chi connectivity index (χ1v) is 5.54. The number of amides is 1. The summed E-state index contributed by atoms with van der Waals surface area (Å²) >= 11 is 0. The largest absolute Gasteiger partial charge is 0.353 e. The minimum atomic E-state index is -0.00694. The molecule has 0 heterocycles. The number of rotatable bonds is 4. The van der Waals surface area contributed by atoms with Crippen molar-refractivity contribution >= 4 is 5.91 Å². The Morgan fingerprint density at radius 2 is 2.07 bits per heavy atom. The van der Waals surface area contributed by atoms with Crippen molar-refractivity contribution in [2.24, 2.45) is 17.6 Å². The van der Waals surface area contributed by atoms with E-state index in [4.69, 9.17) is 5.73 Å². The monoisotopic (exact) mass is 198 g/mol. The van der Waals surface area contributed by atoms with Gasteiger partial charge < -0.3 is 11.1 Å². The molecule has 1 atom stereocenters. The van der Waals surface area contributed by atoms with Crippen molar-refractivity contribution in [2.45, 2.75) is 52.1 Å². The van der Waals surface area contributed by atoms with Gasteiger partial charge in [0.2, 0.25) is 5.91 Å². The SMILES string of the molecule is CC1CC(NC(=O)CC(N)C(C)C)C1. The lowest BCUT2D eigenvalue weighted by atomic mass is 9.82. The molecule has 1 amide bonds. The normalized spacial score (nSPS) is 28.4. The average molecular weight is 198 g/mol. The van der Waals surface area contributed by atoms with E-state index < -0.39 is 0 Å². The van der Waals surface area contributed by atoms with Crippen LogP contribution in [0.1, 0.15) is 40.0 Å². The number of hydrogen-bond donors (Lipinski definition) is 2. The maximum atomic E-state index is 11.5. The molecular formula is C11H22N2O. The summed E-state index contributed by atoms with van der Waals surface area (Å²) in [4.78, 5) is 11.5. The molecule has 1 rings (SSSR count). The highest BCUT2D eigenvalue weighted by molar-refractivity contribution is 5.77. The van der Waals surface area contributed by atoms with Crippen LogP contribution >= 0.6 is 0 Å². The smallest absolute Gasteiger partial charge is 0.221 e. The number of carbonyl (C=O) groups is 1. The molecule has 82 valence electrons. The Morgan fingerprint density at radius 1 is 1.50 bits per heavy atom. The average Bonchev–Trinajstić information content (AvgIpc) is 2.01. The first kappa shape index (κ1) is 11.5. The highest BCUT2D eigenvalue weighted by Gasteiger charge is 2.27. The summed E-state index contributed by atoms with van der Waals surface area (Å²) in [5.41, 5.74) is 5.82. The number of carbonyl (C=O) groups excluding carboxylic acids is 1. The summed E-state index contributed by atoms with van der Waals surface area (Å²) < 4.78 is 0. The van der Waals surface area contributed by atoms with E-state index in [0.717, 1.165) is 18.8 Å². The lowest BCUT2D eigenvalue weighted by Gasteiger charge is -2.33. The second kappa shape index (κ2) is 4.78. The van der Waals surface area contributed by atoms with E-state index in [1.807, 2.05) is 13.8 Å². The van der Waals surface area contributed by atoms with Crippen LogP contribution in [0.25, 0.3) is 0 Å². The Morgan fingerprint density at radius 3 is 2.50 bits per heavy atom. The van der Waals surface area contributed by atoms with Crippen molar-refractivity contribution in [1.29, 1.82) is 0 Å². The zero-order chi connectivity index (χ0) is 10.7. The molecule has 0 saturated heterocycles. The lowest BCUT2D eigenvalue weighted by Crippen LogP contribution is -2.45. The molecule has 3 N–H and O–H groups in total. The van der Waals surface area contributed by atoms with Crippen LogP contribution in [0.3, 0.4) is 0 Å². The highest BCUT2D eigenvalue weighted by Crippen LogP contribution is 2.26. The molecule has 0 bridgehead atoms. The third-order valence-electron chi connectivity index (χ3n) is 3.02. The van der Waals surface area contributed by atoms with Gasteiger partial charge in [-0.05, 0) is 24.7 Å². The zero-order valence-electron chi connectivity index (χ0n) is 9.42. The molecule has 0 aromatic carbocycles. The van der Waals surface area contributed by atoms with Gasteiger partial charge in [0, 0.05) is 18.5 Å². The van der Waals surface area contributed by atoms with E-state index in [1.54, 1.807) is 0 Å². The summed E-state index contributed by atoms with van der Waals surface area (Å²) in [6, 6.07) is 0.407. The van der Waals surface area contributed by atoms with Crippen molar-refractivity contribution in [2.75, 3.05) is 0 Å². The Bertz CT molecular complexity index is 197. The molecule has 1 aliphatic carbocycles. The molecule has 0 aromatic heterocycles. The number of nitrogens with one attached hydrogen (secondary N) is 1. The standard InChI is InChI=1S/C11H22N2O/c1-7(2)10(12)6-11(14)13-9-4-8(3)5-9/h7-10H,4-6,12H2,1-3H3,(H,13,14). The van der Waals surface area contributed by atoms with Gasteiger partial charge in [-0.3, -0.25) is 4.79 Å². The fourth-order valence-electron chi connectivity index (χ4n) is 1.76. The van der Waals surface area contributed by atoms with Crippen LogP contribution in [0, 0.1) is 11.8 Å². The maximum Gasteiger partial charge on any atom is 0.221 e. The van der Waals surface area contributed by atoms with Gasteiger partial charge in [-0.1, -0.05) is 20.8 Å². The molecule has 1 fully saturated rings. The quantitative estimate of drug-likeness (QED) is 0.715. The Kier molecular flexibility index (Phi) is 3.93. The summed E-state index contributed by atoms with van der Waals surface area (Å²) in [7, 11) is 0. The summed E-state index contributed by atoms with van der Waals surface area (Å²) in [6.45, 7) is 6.30. The minimum absolute atomic E-state index is 0.00694. The van der Waals surface area contributed by atoms with Gasteiger partial charge in [-0.15, -0.1) is 0 Å². The molecule has 0 aliphatic heterocycles. The van der Waals surface area contributed by atoms with Gasteiger partial charge in [-0.2, -0.15) is 0 Å².